The summed E-state index contributed by atoms with van der Waals surface area (Å²) >= 11 is 0. The van der Waals surface area contributed by atoms with E-state index in [1.165, 1.54) is 4.68 Å². The molecule has 0 saturated heterocycles. The number of hydrogen-bond acceptors (Lipinski definition) is 5. The van der Waals surface area contributed by atoms with Gasteiger partial charge in [-0.15, -0.1) is 5.10 Å². The third-order valence-corrected chi connectivity index (χ3v) is 4.60. The molecule has 0 unspecified atom stereocenters. The minimum atomic E-state index is -0.468. The fourth-order valence-electron chi connectivity index (χ4n) is 2.93. The highest BCUT2D eigenvalue weighted by Gasteiger charge is 2.20. The van der Waals surface area contributed by atoms with Crippen molar-refractivity contribution in [3.63, 3.8) is 0 Å². The molecule has 8 nitrogen and oxygen atoms in total. The zero-order chi connectivity index (χ0) is 21.0. The molecule has 4 N–H and O–H groups in total. The van der Waals surface area contributed by atoms with E-state index in [1.807, 2.05) is 63.2 Å². The Bertz CT molecular complexity index is 1060. The maximum absolute atomic E-state index is 12.6. The number of nitrogens with zero attached hydrogens (tertiary/aromatic N) is 3. The highest BCUT2D eigenvalue weighted by atomic mass is 16.2. The van der Waals surface area contributed by atoms with Gasteiger partial charge in [-0.1, -0.05) is 42.5 Å². The number of para-hydroxylation sites is 1. The number of nitrogens with one attached hydrogen (secondary N) is 2. The van der Waals surface area contributed by atoms with Crippen LogP contribution in [0.5, 0.6) is 0 Å². The molecule has 0 aliphatic carbocycles. The summed E-state index contributed by atoms with van der Waals surface area (Å²) in [6.07, 6.45) is 0.775. The molecule has 8 heteroatoms. The molecule has 150 valence electrons. The van der Waals surface area contributed by atoms with Gasteiger partial charge in [0.25, 0.3) is 5.91 Å². The lowest BCUT2D eigenvalue weighted by Gasteiger charge is -2.10. The summed E-state index contributed by atoms with van der Waals surface area (Å²) in [7, 11) is 0. The molecular weight excluding hydrogens is 368 g/mol. The molecule has 3 aromatic rings. The Morgan fingerprint density at radius 1 is 1.07 bits per heavy atom. The van der Waals surface area contributed by atoms with Crippen LogP contribution in [-0.4, -0.2) is 26.8 Å². The number of anilines is 3. The molecule has 29 heavy (non-hydrogen) atoms. The first-order valence-electron chi connectivity index (χ1n) is 9.34. The van der Waals surface area contributed by atoms with Crippen LogP contribution in [0, 0.1) is 13.8 Å². The molecule has 3 rings (SSSR count). The van der Waals surface area contributed by atoms with Crippen LogP contribution in [0.4, 0.5) is 17.2 Å². The van der Waals surface area contributed by atoms with Crippen molar-refractivity contribution in [2.75, 3.05) is 16.4 Å². The Balaban J connectivity index is 1.71. The van der Waals surface area contributed by atoms with Gasteiger partial charge in [-0.25, -0.2) is 4.68 Å². The van der Waals surface area contributed by atoms with Gasteiger partial charge >= 0.3 is 0 Å². The van der Waals surface area contributed by atoms with Crippen LogP contribution in [0.25, 0.3) is 0 Å². The van der Waals surface area contributed by atoms with E-state index in [2.05, 4.69) is 20.9 Å². The summed E-state index contributed by atoms with van der Waals surface area (Å²) in [5.74, 6) is -0.740. The second-order valence-corrected chi connectivity index (χ2v) is 6.81. The van der Waals surface area contributed by atoms with Crippen LogP contribution < -0.4 is 16.4 Å². The van der Waals surface area contributed by atoms with E-state index in [0.717, 1.165) is 28.8 Å². The van der Waals surface area contributed by atoms with E-state index in [1.54, 1.807) is 0 Å². The van der Waals surface area contributed by atoms with Crippen LogP contribution in [-0.2, 0) is 17.8 Å². The monoisotopic (exact) mass is 392 g/mol. The van der Waals surface area contributed by atoms with Gasteiger partial charge in [-0.3, -0.25) is 9.59 Å². The summed E-state index contributed by atoms with van der Waals surface area (Å²) in [5, 5.41) is 13.4. The molecule has 0 aliphatic rings. The van der Waals surface area contributed by atoms with Crippen molar-refractivity contribution in [2.45, 2.75) is 33.7 Å². The van der Waals surface area contributed by atoms with Crippen LogP contribution in [0.2, 0.25) is 0 Å². The van der Waals surface area contributed by atoms with Crippen molar-refractivity contribution in [1.82, 2.24) is 15.0 Å². The van der Waals surface area contributed by atoms with Crippen molar-refractivity contribution in [3.8, 4) is 0 Å². The first kappa shape index (κ1) is 20.1. The molecule has 1 aromatic heterocycles. The zero-order valence-electron chi connectivity index (χ0n) is 16.7. The number of nitrogens with two attached hydrogens (primary N) is 1. The van der Waals surface area contributed by atoms with Gasteiger partial charge in [-0.05, 0) is 49.1 Å². The average molecular weight is 392 g/mol. The number of aryl methyl sites for hydroxylation is 3. The maximum Gasteiger partial charge on any atom is 0.280 e. The lowest BCUT2D eigenvalue weighted by atomic mass is 10.1. The van der Waals surface area contributed by atoms with Gasteiger partial charge in [0, 0.05) is 11.4 Å². The predicted octanol–water partition coefficient (Wildman–Crippen LogP) is 2.93. The molecule has 0 saturated carbocycles. The lowest BCUT2D eigenvalue weighted by Crippen LogP contribution is -2.22. The number of carbonyl (C=O) groups is 2. The molecule has 2 amide bonds. The fourth-order valence-corrected chi connectivity index (χ4v) is 2.93. The zero-order valence-corrected chi connectivity index (χ0v) is 16.7. The molecule has 2 aromatic carbocycles. The van der Waals surface area contributed by atoms with E-state index in [-0.39, 0.29) is 24.0 Å². The topological polar surface area (TPSA) is 115 Å². The molecule has 0 radical (unpaired) electrons. The van der Waals surface area contributed by atoms with E-state index in [9.17, 15) is 9.59 Å². The van der Waals surface area contributed by atoms with Gasteiger partial charge in [0.2, 0.25) is 5.91 Å². The number of nitrogen functional groups attached to an aromatic ring is 1. The van der Waals surface area contributed by atoms with E-state index < -0.39 is 5.91 Å². The molecule has 0 bridgehead atoms. The van der Waals surface area contributed by atoms with Crippen molar-refractivity contribution in [2.24, 2.45) is 0 Å². The van der Waals surface area contributed by atoms with Crippen molar-refractivity contribution in [1.29, 1.82) is 0 Å². The van der Waals surface area contributed by atoms with E-state index in [4.69, 9.17) is 5.73 Å². The third kappa shape index (κ3) is 4.60. The third-order valence-electron chi connectivity index (χ3n) is 4.60. The highest BCUT2D eigenvalue weighted by Crippen LogP contribution is 2.19. The van der Waals surface area contributed by atoms with Gasteiger partial charge < -0.3 is 16.4 Å². The average Bonchev–Trinajstić information content (AvgIpc) is 3.05. The minimum Gasteiger partial charge on any atom is -0.382 e. The minimum absolute atomic E-state index is 0.0181. The Labute approximate surface area is 169 Å². The smallest absolute Gasteiger partial charge is 0.280 e. The van der Waals surface area contributed by atoms with Crippen molar-refractivity contribution in [3.05, 3.63) is 64.8 Å². The fraction of sp³-hybridized carbons (Fsp3) is 0.238. The standard InChI is InChI=1S/C21H24N6O2/c1-4-15-7-5-6-8-16(15)24-21(29)19-20(22)27(26-25-19)12-18(28)23-17-11-13(2)9-10-14(17)3/h5-11H,4,12,22H2,1-3H3,(H,23,28)(H,24,29). The summed E-state index contributed by atoms with van der Waals surface area (Å²) in [5.41, 5.74) is 10.4. The van der Waals surface area contributed by atoms with E-state index in [0.29, 0.717) is 5.69 Å². The largest absolute Gasteiger partial charge is 0.382 e. The number of aromatic nitrogens is 3. The van der Waals surface area contributed by atoms with Crippen molar-refractivity contribution >= 4 is 29.0 Å². The summed E-state index contributed by atoms with van der Waals surface area (Å²) in [6.45, 7) is 5.72. The van der Waals surface area contributed by atoms with E-state index >= 15 is 0 Å². The van der Waals surface area contributed by atoms with Crippen LogP contribution in [0.15, 0.2) is 42.5 Å². The van der Waals surface area contributed by atoms with Gasteiger partial charge in [0.1, 0.15) is 6.54 Å². The van der Waals surface area contributed by atoms with Crippen LogP contribution in [0.1, 0.15) is 34.1 Å². The first-order chi connectivity index (χ1) is 13.9. The molecule has 0 spiro atoms. The number of carbonyl (C=O) groups excluding carboxylic acids is 2. The Morgan fingerprint density at radius 3 is 2.59 bits per heavy atom. The molecule has 0 fully saturated rings. The second-order valence-electron chi connectivity index (χ2n) is 6.81. The lowest BCUT2D eigenvalue weighted by molar-refractivity contribution is -0.116. The molecule has 0 atom stereocenters. The molecule has 0 aliphatic heterocycles. The normalized spacial score (nSPS) is 10.6. The second kappa shape index (κ2) is 8.55. The quantitative estimate of drug-likeness (QED) is 0.597. The van der Waals surface area contributed by atoms with Crippen molar-refractivity contribution < 1.29 is 9.59 Å². The number of amides is 2. The summed E-state index contributed by atoms with van der Waals surface area (Å²) < 4.78 is 1.21. The number of hydrogen-bond donors (Lipinski definition) is 3. The van der Waals surface area contributed by atoms with Gasteiger partial charge in [0.15, 0.2) is 11.5 Å². The SMILES string of the molecule is CCc1ccccc1NC(=O)c1nnn(CC(=O)Nc2cc(C)ccc2C)c1N. The molecular formula is C21H24N6O2. The summed E-state index contributed by atoms with van der Waals surface area (Å²) in [6, 6.07) is 13.3. The first-order valence-corrected chi connectivity index (χ1v) is 9.34. The number of rotatable bonds is 6. The van der Waals surface area contributed by atoms with Crippen LogP contribution >= 0.6 is 0 Å². The Morgan fingerprint density at radius 2 is 1.83 bits per heavy atom. The highest BCUT2D eigenvalue weighted by molar-refractivity contribution is 6.06. The van der Waals surface area contributed by atoms with Crippen LogP contribution in [0.3, 0.4) is 0 Å². The predicted molar refractivity (Wildman–Crippen MR) is 113 cm³/mol. The Hall–Kier alpha value is -3.68. The Kier molecular flexibility index (Phi) is 5.92. The molecule has 1 heterocycles. The maximum atomic E-state index is 12.6. The summed E-state index contributed by atoms with van der Waals surface area (Å²) in [4.78, 5) is 25.0. The van der Waals surface area contributed by atoms with Gasteiger partial charge in [-0.2, -0.15) is 0 Å². The number of benzene rings is 2. The van der Waals surface area contributed by atoms with Gasteiger partial charge in [0.05, 0.1) is 0 Å².